The second-order valence-corrected chi connectivity index (χ2v) is 5.69. The van der Waals surface area contributed by atoms with Gasteiger partial charge in [0.25, 0.3) is 5.91 Å². The Morgan fingerprint density at radius 2 is 1.82 bits per heavy atom. The molecule has 1 aromatic carbocycles. The van der Waals surface area contributed by atoms with Crippen molar-refractivity contribution in [3.05, 3.63) is 53.3 Å². The van der Waals surface area contributed by atoms with Gasteiger partial charge in [0.2, 0.25) is 0 Å². The second kappa shape index (κ2) is 6.79. The minimum atomic E-state index is 0.0389. The van der Waals surface area contributed by atoms with Crippen molar-refractivity contribution in [2.24, 2.45) is 0 Å². The van der Waals surface area contributed by atoms with Gasteiger partial charge in [0.05, 0.1) is 5.02 Å². The van der Waals surface area contributed by atoms with E-state index in [4.69, 9.17) is 16.3 Å². The van der Waals surface area contributed by atoms with E-state index < -0.39 is 0 Å². The van der Waals surface area contributed by atoms with Crippen molar-refractivity contribution in [3.8, 4) is 11.5 Å². The summed E-state index contributed by atoms with van der Waals surface area (Å²) in [6, 6.07) is 8.68. The van der Waals surface area contributed by atoms with Gasteiger partial charge < -0.3 is 9.64 Å². The highest BCUT2D eigenvalue weighted by Crippen LogP contribution is 2.30. The molecule has 2 heterocycles. The van der Waals surface area contributed by atoms with Crippen molar-refractivity contribution >= 4 is 17.5 Å². The molecule has 0 radical (unpaired) electrons. The summed E-state index contributed by atoms with van der Waals surface area (Å²) in [6.45, 7) is 1.65. The molecule has 0 spiro atoms. The molecule has 1 saturated heterocycles. The van der Waals surface area contributed by atoms with Crippen molar-refractivity contribution in [2.45, 2.75) is 19.3 Å². The highest BCUT2D eigenvalue weighted by molar-refractivity contribution is 6.32. The summed E-state index contributed by atoms with van der Waals surface area (Å²) < 4.78 is 5.69. The number of likely N-dealkylation sites (tertiary alicyclic amines) is 1. The van der Waals surface area contributed by atoms with Crippen molar-refractivity contribution < 1.29 is 9.53 Å². The smallest absolute Gasteiger partial charge is 0.253 e. The van der Waals surface area contributed by atoms with Gasteiger partial charge in [-0.1, -0.05) is 11.6 Å². The van der Waals surface area contributed by atoms with Crippen molar-refractivity contribution in [3.63, 3.8) is 0 Å². The normalized spacial score (nSPS) is 14.7. The first-order valence-electron chi connectivity index (χ1n) is 7.41. The standard InChI is InChI=1S/C17H17ClN2O2/c18-15-12-13(17(21)20-10-2-1-3-11-20)4-5-16(15)22-14-6-8-19-9-7-14/h4-9,12H,1-3,10-11H2. The third-order valence-electron chi connectivity index (χ3n) is 3.70. The lowest BCUT2D eigenvalue weighted by atomic mass is 10.1. The minimum absolute atomic E-state index is 0.0389. The fourth-order valence-corrected chi connectivity index (χ4v) is 2.75. The summed E-state index contributed by atoms with van der Waals surface area (Å²) in [7, 11) is 0. The van der Waals surface area contributed by atoms with Crippen molar-refractivity contribution in [1.29, 1.82) is 0 Å². The molecule has 0 N–H and O–H groups in total. The van der Waals surface area contributed by atoms with Crippen LogP contribution in [0.15, 0.2) is 42.7 Å². The molecule has 1 amide bonds. The summed E-state index contributed by atoms with van der Waals surface area (Å²) in [6.07, 6.45) is 6.64. The average Bonchev–Trinajstić information content (AvgIpc) is 2.58. The van der Waals surface area contributed by atoms with Gasteiger partial charge in [0.1, 0.15) is 11.5 Å². The first kappa shape index (κ1) is 14.9. The second-order valence-electron chi connectivity index (χ2n) is 5.28. The Morgan fingerprint density at radius 1 is 1.09 bits per heavy atom. The van der Waals surface area contributed by atoms with E-state index >= 15 is 0 Å². The highest BCUT2D eigenvalue weighted by atomic mass is 35.5. The van der Waals surface area contributed by atoms with Crippen molar-refractivity contribution in [1.82, 2.24) is 9.88 Å². The molecule has 1 aliphatic heterocycles. The lowest BCUT2D eigenvalue weighted by Gasteiger charge is -2.26. The van der Waals surface area contributed by atoms with E-state index in [2.05, 4.69) is 4.98 Å². The SMILES string of the molecule is O=C(c1ccc(Oc2ccncc2)c(Cl)c1)N1CCCCC1. The number of aromatic nitrogens is 1. The molecule has 1 fully saturated rings. The maximum Gasteiger partial charge on any atom is 0.253 e. The number of rotatable bonds is 3. The molecule has 1 aromatic heterocycles. The van der Waals surface area contributed by atoms with E-state index in [1.165, 1.54) is 6.42 Å². The molecular formula is C17H17ClN2O2. The quantitative estimate of drug-likeness (QED) is 0.854. The van der Waals surface area contributed by atoms with Gasteiger partial charge in [0, 0.05) is 31.0 Å². The summed E-state index contributed by atoms with van der Waals surface area (Å²) in [5, 5.41) is 0.430. The molecule has 1 aliphatic rings. The lowest BCUT2D eigenvalue weighted by Crippen LogP contribution is -2.35. The number of amides is 1. The summed E-state index contributed by atoms with van der Waals surface area (Å²) in [4.78, 5) is 18.3. The molecule has 0 saturated carbocycles. The van der Waals surface area contributed by atoms with E-state index in [1.807, 2.05) is 4.90 Å². The highest BCUT2D eigenvalue weighted by Gasteiger charge is 2.19. The van der Waals surface area contributed by atoms with Crippen LogP contribution in [0.25, 0.3) is 0 Å². The van der Waals surface area contributed by atoms with Crippen LogP contribution in [-0.4, -0.2) is 28.9 Å². The van der Waals surface area contributed by atoms with E-state index in [-0.39, 0.29) is 5.91 Å². The van der Waals surface area contributed by atoms with Gasteiger partial charge in [-0.2, -0.15) is 0 Å². The summed E-state index contributed by atoms with van der Waals surface area (Å²) >= 11 is 6.25. The number of pyridine rings is 1. The van der Waals surface area contributed by atoms with Crippen LogP contribution in [0.4, 0.5) is 0 Å². The van der Waals surface area contributed by atoms with E-state index in [1.54, 1.807) is 42.7 Å². The Hall–Kier alpha value is -2.07. The zero-order valence-corrected chi connectivity index (χ0v) is 12.9. The summed E-state index contributed by atoms with van der Waals surface area (Å²) in [5.74, 6) is 1.23. The number of carbonyl (C=O) groups excluding carboxylic acids is 1. The van der Waals surface area contributed by atoms with E-state index in [0.717, 1.165) is 25.9 Å². The Morgan fingerprint density at radius 3 is 2.50 bits per heavy atom. The predicted molar refractivity (Wildman–Crippen MR) is 85.5 cm³/mol. The topological polar surface area (TPSA) is 42.4 Å². The zero-order valence-electron chi connectivity index (χ0n) is 12.2. The fraction of sp³-hybridized carbons (Fsp3) is 0.294. The zero-order chi connectivity index (χ0) is 15.4. The van der Waals surface area contributed by atoms with Gasteiger partial charge in [-0.25, -0.2) is 0 Å². The molecule has 114 valence electrons. The van der Waals surface area contributed by atoms with Gasteiger partial charge in [0.15, 0.2) is 0 Å². The maximum atomic E-state index is 12.4. The number of carbonyl (C=O) groups is 1. The number of hydrogen-bond acceptors (Lipinski definition) is 3. The van der Waals surface area contributed by atoms with Crippen LogP contribution in [0.1, 0.15) is 29.6 Å². The average molecular weight is 317 g/mol. The molecule has 2 aromatic rings. The first-order valence-corrected chi connectivity index (χ1v) is 7.78. The molecule has 0 aliphatic carbocycles. The third-order valence-corrected chi connectivity index (χ3v) is 4.00. The predicted octanol–water partition coefficient (Wildman–Crippen LogP) is 4.15. The number of piperidine rings is 1. The Bertz CT molecular complexity index is 655. The fourth-order valence-electron chi connectivity index (χ4n) is 2.53. The molecule has 3 rings (SSSR count). The largest absolute Gasteiger partial charge is 0.456 e. The Kier molecular flexibility index (Phi) is 4.59. The van der Waals surface area contributed by atoms with Crippen LogP contribution in [0.3, 0.4) is 0 Å². The number of hydrogen-bond donors (Lipinski definition) is 0. The molecule has 4 nitrogen and oxygen atoms in total. The lowest BCUT2D eigenvalue weighted by molar-refractivity contribution is 0.0724. The number of ether oxygens (including phenoxy) is 1. The molecule has 0 unspecified atom stereocenters. The van der Waals surface area contributed by atoms with Crippen LogP contribution >= 0.6 is 11.6 Å². The van der Waals surface area contributed by atoms with Gasteiger partial charge >= 0.3 is 0 Å². The van der Waals surface area contributed by atoms with E-state index in [0.29, 0.717) is 22.1 Å². The number of halogens is 1. The van der Waals surface area contributed by atoms with E-state index in [9.17, 15) is 4.79 Å². The van der Waals surface area contributed by atoms with Crippen LogP contribution in [0.5, 0.6) is 11.5 Å². The minimum Gasteiger partial charge on any atom is -0.456 e. The van der Waals surface area contributed by atoms with Crippen LogP contribution in [0.2, 0.25) is 5.02 Å². The first-order chi connectivity index (χ1) is 10.7. The Labute approximate surface area is 134 Å². The summed E-state index contributed by atoms with van der Waals surface area (Å²) in [5.41, 5.74) is 0.606. The number of benzene rings is 1. The maximum absolute atomic E-state index is 12.4. The molecule has 0 bridgehead atoms. The van der Waals surface area contributed by atoms with Gasteiger partial charge in [-0.3, -0.25) is 9.78 Å². The monoisotopic (exact) mass is 316 g/mol. The molecular weight excluding hydrogens is 300 g/mol. The molecule has 0 atom stereocenters. The Balaban J connectivity index is 1.75. The molecule has 22 heavy (non-hydrogen) atoms. The third kappa shape index (κ3) is 3.39. The van der Waals surface area contributed by atoms with Crippen LogP contribution < -0.4 is 4.74 Å². The number of nitrogens with zero attached hydrogens (tertiary/aromatic N) is 2. The van der Waals surface area contributed by atoms with Gasteiger partial charge in [-0.05, 0) is 49.6 Å². The van der Waals surface area contributed by atoms with Gasteiger partial charge in [-0.15, -0.1) is 0 Å². The van der Waals surface area contributed by atoms with Crippen molar-refractivity contribution in [2.75, 3.05) is 13.1 Å². The van der Waals surface area contributed by atoms with Crippen LogP contribution in [-0.2, 0) is 0 Å². The van der Waals surface area contributed by atoms with Crippen LogP contribution in [0, 0.1) is 0 Å². The molecule has 5 heteroatoms.